The number of nitrogen functional groups attached to an aromatic ring is 1. The Balaban J connectivity index is 2.02. The lowest BCUT2D eigenvalue weighted by Gasteiger charge is -2.06. The molecule has 0 amide bonds. The molecule has 4 nitrogen and oxygen atoms in total. The first-order valence-corrected chi connectivity index (χ1v) is 8.66. The first kappa shape index (κ1) is 16.6. The number of hydrogen-bond acceptors (Lipinski definition) is 3. The van der Waals surface area contributed by atoms with Crippen molar-refractivity contribution >= 4 is 21.7 Å². The molecule has 0 unspecified atom stereocenters. The molecule has 2 aromatic carbocycles. The van der Waals surface area contributed by atoms with E-state index in [-0.39, 0.29) is 0 Å². The number of methoxy groups -OCH3 is 1. The van der Waals surface area contributed by atoms with Crippen molar-refractivity contribution in [3.8, 4) is 17.0 Å². The number of ether oxygens (including phenoxy) is 1. The molecule has 0 aliphatic rings. The molecule has 0 saturated carbocycles. The number of benzene rings is 2. The number of hydrogen-bond donors (Lipinski definition) is 1. The molecule has 0 spiro atoms. The van der Waals surface area contributed by atoms with E-state index in [2.05, 4.69) is 35.0 Å². The van der Waals surface area contributed by atoms with Gasteiger partial charge < -0.3 is 10.5 Å². The summed E-state index contributed by atoms with van der Waals surface area (Å²) >= 11 is 3.54. The molecule has 0 radical (unpaired) electrons. The predicted molar refractivity (Wildman–Crippen MR) is 101 cm³/mol. The Hall–Kier alpha value is -2.27. The lowest BCUT2D eigenvalue weighted by atomic mass is 10.1. The molecule has 124 valence electrons. The third kappa shape index (κ3) is 3.17. The second-order valence-corrected chi connectivity index (χ2v) is 6.41. The summed E-state index contributed by atoms with van der Waals surface area (Å²) in [6.07, 6.45) is 0.833. The molecule has 0 aliphatic carbocycles. The second-order valence-electron chi connectivity index (χ2n) is 5.56. The number of anilines is 1. The summed E-state index contributed by atoms with van der Waals surface area (Å²) in [6, 6.07) is 16.2. The van der Waals surface area contributed by atoms with Gasteiger partial charge in [0.15, 0.2) is 0 Å². The van der Waals surface area contributed by atoms with Crippen LogP contribution in [0, 0.1) is 0 Å². The molecule has 1 aromatic heterocycles. The summed E-state index contributed by atoms with van der Waals surface area (Å²) in [5.41, 5.74) is 10.6. The van der Waals surface area contributed by atoms with Gasteiger partial charge in [-0.05, 0) is 46.1 Å². The molecule has 0 bridgehead atoms. The van der Waals surface area contributed by atoms with Crippen molar-refractivity contribution in [2.24, 2.45) is 0 Å². The highest BCUT2D eigenvalue weighted by molar-refractivity contribution is 9.10. The number of nitrogens with two attached hydrogens (primary N) is 1. The highest BCUT2D eigenvalue weighted by Crippen LogP contribution is 2.33. The number of aromatic nitrogens is 2. The van der Waals surface area contributed by atoms with Crippen LogP contribution < -0.4 is 10.5 Å². The maximum Gasteiger partial charge on any atom is 0.133 e. The zero-order valence-electron chi connectivity index (χ0n) is 13.8. The van der Waals surface area contributed by atoms with Crippen LogP contribution in [0.25, 0.3) is 11.3 Å². The molecule has 3 aromatic rings. The molecular weight excluding hydrogens is 366 g/mol. The molecule has 0 fully saturated rings. The van der Waals surface area contributed by atoms with Gasteiger partial charge in [0, 0.05) is 11.1 Å². The van der Waals surface area contributed by atoms with E-state index < -0.39 is 0 Å². The minimum absolute atomic E-state index is 0.664. The Kier molecular flexibility index (Phi) is 4.90. The van der Waals surface area contributed by atoms with Crippen molar-refractivity contribution in [2.45, 2.75) is 19.9 Å². The van der Waals surface area contributed by atoms with Crippen molar-refractivity contribution in [3.63, 3.8) is 0 Å². The van der Waals surface area contributed by atoms with Gasteiger partial charge in [0.1, 0.15) is 11.6 Å². The Morgan fingerprint density at radius 2 is 1.92 bits per heavy atom. The summed E-state index contributed by atoms with van der Waals surface area (Å²) < 4.78 is 8.08. The molecule has 0 atom stereocenters. The van der Waals surface area contributed by atoms with E-state index in [9.17, 15) is 0 Å². The van der Waals surface area contributed by atoms with Crippen molar-refractivity contribution in [3.05, 3.63) is 64.1 Å². The smallest absolute Gasteiger partial charge is 0.133 e. The van der Waals surface area contributed by atoms with Crippen LogP contribution in [0.1, 0.15) is 18.1 Å². The van der Waals surface area contributed by atoms with E-state index in [0.717, 1.165) is 39.3 Å². The van der Waals surface area contributed by atoms with E-state index in [4.69, 9.17) is 15.6 Å². The van der Waals surface area contributed by atoms with Crippen LogP contribution in [0.3, 0.4) is 0 Å². The molecule has 24 heavy (non-hydrogen) atoms. The standard InChI is InChI=1S/C19H20BrN3O/c1-3-15-18(14-9-10-17(24-2)16(20)11-14)22-23(19(15)21)12-13-7-5-4-6-8-13/h4-11H,3,12,21H2,1-2H3. The summed E-state index contributed by atoms with van der Waals surface area (Å²) in [7, 11) is 1.66. The SMILES string of the molecule is CCc1c(-c2ccc(OC)c(Br)c2)nn(Cc2ccccc2)c1N. The quantitative estimate of drug-likeness (QED) is 0.702. The van der Waals surface area contributed by atoms with Crippen LogP contribution >= 0.6 is 15.9 Å². The largest absolute Gasteiger partial charge is 0.496 e. The fraction of sp³-hybridized carbons (Fsp3) is 0.211. The van der Waals surface area contributed by atoms with Gasteiger partial charge in [-0.25, -0.2) is 4.68 Å². The van der Waals surface area contributed by atoms with Crippen molar-refractivity contribution in [1.82, 2.24) is 9.78 Å². The Morgan fingerprint density at radius 1 is 1.17 bits per heavy atom. The fourth-order valence-electron chi connectivity index (χ4n) is 2.78. The monoisotopic (exact) mass is 385 g/mol. The lowest BCUT2D eigenvalue weighted by Crippen LogP contribution is -2.06. The van der Waals surface area contributed by atoms with E-state index in [0.29, 0.717) is 6.54 Å². The van der Waals surface area contributed by atoms with E-state index in [1.165, 1.54) is 5.56 Å². The molecule has 0 aliphatic heterocycles. The van der Waals surface area contributed by atoms with Gasteiger partial charge in [0.05, 0.1) is 23.8 Å². The summed E-state index contributed by atoms with van der Waals surface area (Å²) in [4.78, 5) is 0. The number of halogens is 1. The Labute approximate surface area is 150 Å². The van der Waals surface area contributed by atoms with Crippen LogP contribution in [-0.4, -0.2) is 16.9 Å². The van der Waals surface area contributed by atoms with Crippen molar-refractivity contribution in [1.29, 1.82) is 0 Å². The minimum atomic E-state index is 0.664. The fourth-order valence-corrected chi connectivity index (χ4v) is 3.32. The molecule has 2 N–H and O–H groups in total. The first-order valence-electron chi connectivity index (χ1n) is 7.87. The van der Waals surface area contributed by atoms with Gasteiger partial charge in [-0.15, -0.1) is 0 Å². The minimum Gasteiger partial charge on any atom is -0.496 e. The highest BCUT2D eigenvalue weighted by atomic mass is 79.9. The third-order valence-corrected chi connectivity index (χ3v) is 4.67. The van der Waals surface area contributed by atoms with Crippen LogP contribution in [0.5, 0.6) is 5.75 Å². The average molecular weight is 386 g/mol. The van der Waals surface area contributed by atoms with Gasteiger partial charge in [-0.3, -0.25) is 0 Å². The maximum absolute atomic E-state index is 6.36. The van der Waals surface area contributed by atoms with Crippen LogP contribution in [0.2, 0.25) is 0 Å². The predicted octanol–water partition coefficient (Wildman–Crippen LogP) is 4.51. The van der Waals surface area contributed by atoms with Gasteiger partial charge >= 0.3 is 0 Å². The van der Waals surface area contributed by atoms with Crippen LogP contribution in [-0.2, 0) is 13.0 Å². The van der Waals surface area contributed by atoms with Crippen LogP contribution in [0.15, 0.2) is 53.0 Å². The van der Waals surface area contributed by atoms with E-state index >= 15 is 0 Å². The number of nitrogens with zero attached hydrogens (tertiary/aromatic N) is 2. The summed E-state index contributed by atoms with van der Waals surface area (Å²) in [5.74, 6) is 1.52. The zero-order chi connectivity index (χ0) is 17.1. The molecule has 5 heteroatoms. The Morgan fingerprint density at radius 3 is 2.54 bits per heavy atom. The number of rotatable bonds is 5. The summed E-state index contributed by atoms with van der Waals surface area (Å²) in [6.45, 7) is 2.76. The lowest BCUT2D eigenvalue weighted by molar-refractivity contribution is 0.412. The van der Waals surface area contributed by atoms with Gasteiger partial charge in [0.25, 0.3) is 0 Å². The molecule has 0 saturated heterocycles. The normalized spacial score (nSPS) is 10.8. The Bertz CT molecular complexity index is 843. The third-order valence-electron chi connectivity index (χ3n) is 4.05. The highest BCUT2D eigenvalue weighted by Gasteiger charge is 2.17. The first-order chi connectivity index (χ1) is 11.6. The summed E-state index contributed by atoms with van der Waals surface area (Å²) in [5, 5.41) is 4.77. The van der Waals surface area contributed by atoms with Gasteiger partial charge in [-0.2, -0.15) is 5.10 Å². The van der Waals surface area contributed by atoms with Gasteiger partial charge in [-0.1, -0.05) is 37.3 Å². The molecule has 3 rings (SSSR count). The maximum atomic E-state index is 6.36. The van der Waals surface area contributed by atoms with Crippen molar-refractivity contribution in [2.75, 3.05) is 12.8 Å². The van der Waals surface area contributed by atoms with E-state index in [1.807, 2.05) is 41.1 Å². The van der Waals surface area contributed by atoms with Gasteiger partial charge in [0.2, 0.25) is 0 Å². The zero-order valence-corrected chi connectivity index (χ0v) is 15.4. The van der Waals surface area contributed by atoms with E-state index in [1.54, 1.807) is 7.11 Å². The second kappa shape index (κ2) is 7.09. The van der Waals surface area contributed by atoms with Crippen molar-refractivity contribution < 1.29 is 4.74 Å². The molecule has 1 heterocycles. The average Bonchev–Trinajstić information content (AvgIpc) is 2.91. The topological polar surface area (TPSA) is 53.1 Å². The van der Waals surface area contributed by atoms with Crippen LogP contribution in [0.4, 0.5) is 5.82 Å². The molecular formula is C19H20BrN3O.